The lowest BCUT2D eigenvalue weighted by Gasteiger charge is -2.23. The Kier molecular flexibility index (Phi) is 5.60. The molecule has 0 unspecified atom stereocenters. The molecule has 1 aromatic rings. The monoisotopic (exact) mass is 247 g/mol. The molecule has 1 aromatic heterocycles. The Bertz CT molecular complexity index is 410. The normalized spacial score (nSPS) is 11.0. The van der Waals surface area contributed by atoms with Crippen molar-refractivity contribution < 1.29 is 4.74 Å². The fourth-order valence-corrected chi connectivity index (χ4v) is 1.70. The van der Waals surface area contributed by atoms with E-state index in [1.807, 2.05) is 12.1 Å². The van der Waals surface area contributed by atoms with Crippen LogP contribution in [0.5, 0.6) is 5.88 Å². The largest absolute Gasteiger partial charge is 0.481 e. The van der Waals surface area contributed by atoms with E-state index in [0.29, 0.717) is 12.3 Å². The second kappa shape index (κ2) is 6.97. The van der Waals surface area contributed by atoms with Gasteiger partial charge in [0.2, 0.25) is 5.88 Å². The Labute approximate surface area is 109 Å². The lowest BCUT2D eigenvalue weighted by molar-refractivity contribution is 0.317. The summed E-state index contributed by atoms with van der Waals surface area (Å²) in [4.78, 5) is 4.07. The average Bonchev–Trinajstić information content (AvgIpc) is 2.36. The molecule has 0 saturated heterocycles. The minimum Gasteiger partial charge on any atom is -0.481 e. The number of methoxy groups -OCH3 is 1. The maximum absolute atomic E-state index is 8.60. The maximum atomic E-state index is 8.60. The van der Waals surface area contributed by atoms with E-state index in [-0.39, 0.29) is 5.41 Å². The van der Waals surface area contributed by atoms with Gasteiger partial charge in [-0.05, 0) is 23.5 Å². The molecule has 4 heteroatoms. The van der Waals surface area contributed by atoms with Crippen LogP contribution in [0.4, 0.5) is 0 Å². The van der Waals surface area contributed by atoms with Crippen molar-refractivity contribution in [2.24, 2.45) is 5.41 Å². The molecule has 18 heavy (non-hydrogen) atoms. The highest BCUT2D eigenvalue weighted by atomic mass is 16.5. The van der Waals surface area contributed by atoms with E-state index < -0.39 is 0 Å². The van der Waals surface area contributed by atoms with Crippen LogP contribution >= 0.6 is 0 Å². The number of hydrogen-bond donors (Lipinski definition) is 1. The van der Waals surface area contributed by atoms with E-state index in [2.05, 4.69) is 30.2 Å². The van der Waals surface area contributed by atoms with Gasteiger partial charge < -0.3 is 10.1 Å². The number of rotatable bonds is 7. The highest BCUT2D eigenvalue weighted by Gasteiger charge is 2.16. The van der Waals surface area contributed by atoms with Crippen LogP contribution in [0.2, 0.25) is 0 Å². The number of nitrogens with one attached hydrogen (secondary N) is 1. The van der Waals surface area contributed by atoms with Crippen molar-refractivity contribution in [3.05, 3.63) is 23.9 Å². The lowest BCUT2D eigenvalue weighted by atomic mass is 9.88. The van der Waals surface area contributed by atoms with Gasteiger partial charge >= 0.3 is 0 Å². The van der Waals surface area contributed by atoms with Gasteiger partial charge in [-0.3, -0.25) is 0 Å². The average molecular weight is 247 g/mol. The van der Waals surface area contributed by atoms with E-state index in [9.17, 15) is 0 Å². The first-order chi connectivity index (χ1) is 8.57. The zero-order valence-corrected chi connectivity index (χ0v) is 11.4. The summed E-state index contributed by atoms with van der Waals surface area (Å²) in [6.07, 6.45) is 3.27. The molecule has 0 aliphatic rings. The number of nitrogens with zero attached hydrogens (tertiary/aromatic N) is 2. The van der Waals surface area contributed by atoms with Crippen molar-refractivity contribution in [2.75, 3.05) is 13.7 Å². The molecule has 0 spiro atoms. The second-order valence-electron chi connectivity index (χ2n) is 5.13. The fourth-order valence-electron chi connectivity index (χ4n) is 1.70. The molecule has 1 heterocycles. The highest BCUT2D eigenvalue weighted by molar-refractivity contribution is 5.20. The third-order valence-electron chi connectivity index (χ3n) is 2.85. The van der Waals surface area contributed by atoms with Crippen LogP contribution in [-0.2, 0) is 6.54 Å². The molecule has 0 fully saturated rings. The Balaban J connectivity index is 2.39. The number of nitriles is 1. The van der Waals surface area contributed by atoms with Crippen LogP contribution in [0, 0.1) is 16.7 Å². The Morgan fingerprint density at radius 3 is 2.94 bits per heavy atom. The fraction of sp³-hybridized carbons (Fsp3) is 0.571. The zero-order valence-electron chi connectivity index (χ0n) is 11.4. The van der Waals surface area contributed by atoms with Gasteiger partial charge in [-0.1, -0.05) is 13.8 Å². The SMILES string of the molecule is COc1cc(CNCC(C)(C)CCC#N)ccn1. The molecule has 0 atom stereocenters. The quantitative estimate of drug-likeness (QED) is 0.804. The van der Waals surface area contributed by atoms with E-state index in [4.69, 9.17) is 10.00 Å². The molecule has 0 radical (unpaired) electrons. The maximum Gasteiger partial charge on any atom is 0.213 e. The highest BCUT2D eigenvalue weighted by Crippen LogP contribution is 2.20. The smallest absolute Gasteiger partial charge is 0.213 e. The van der Waals surface area contributed by atoms with Crippen molar-refractivity contribution in [3.63, 3.8) is 0 Å². The molecule has 98 valence electrons. The van der Waals surface area contributed by atoms with Gasteiger partial charge in [-0.15, -0.1) is 0 Å². The van der Waals surface area contributed by atoms with Crippen molar-refractivity contribution in [1.29, 1.82) is 5.26 Å². The number of pyridine rings is 1. The summed E-state index contributed by atoms with van der Waals surface area (Å²) in [5.74, 6) is 0.637. The van der Waals surface area contributed by atoms with Gasteiger partial charge in [0.05, 0.1) is 13.2 Å². The van der Waals surface area contributed by atoms with Crippen molar-refractivity contribution in [3.8, 4) is 11.9 Å². The Morgan fingerprint density at radius 1 is 1.50 bits per heavy atom. The van der Waals surface area contributed by atoms with Crippen LogP contribution in [0.25, 0.3) is 0 Å². The molecular formula is C14H21N3O. The minimum atomic E-state index is 0.146. The van der Waals surface area contributed by atoms with Crippen LogP contribution in [0.1, 0.15) is 32.3 Å². The van der Waals surface area contributed by atoms with Gasteiger partial charge in [0.15, 0.2) is 0 Å². The minimum absolute atomic E-state index is 0.146. The standard InChI is InChI=1S/C14H21N3O/c1-14(2,6-4-7-15)11-16-10-12-5-8-17-13(9-12)18-3/h5,8-9,16H,4,6,10-11H2,1-3H3. The van der Waals surface area contributed by atoms with Gasteiger partial charge in [0.1, 0.15) is 0 Å². The summed E-state index contributed by atoms with van der Waals surface area (Å²) < 4.78 is 5.08. The van der Waals surface area contributed by atoms with Gasteiger partial charge in [-0.2, -0.15) is 5.26 Å². The predicted molar refractivity (Wildman–Crippen MR) is 71.1 cm³/mol. The summed E-state index contributed by atoms with van der Waals surface area (Å²) in [6, 6.07) is 6.09. The van der Waals surface area contributed by atoms with Crippen molar-refractivity contribution in [1.82, 2.24) is 10.3 Å². The van der Waals surface area contributed by atoms with E-state index in [1.165, 1.54) is 0 Å². The Hall–Kier alpha value is -1.60. The molecule has 0 saturated carbocycles. The number of ether oxygens (including phenoxy) is 1. The van der Waals surface area contributed by atoms with Gasteiger partial charge in [0.25, 0.3) is 0 Å². The van der Waals surface area contributed by atoms with E-state index in [0.717, 1.165) is 25.1 Å². The molecule has 0 aromatic carbocycles. The van der Waals surface area contributed by atoms with Crippen LogP contribution in [-0.4, -0.2) is 18.6 Å². The molecule has 0 aliphatic heterocycles. The zero-order chi connectivity index (χ0) is 13.4. The third kappa shape index (κ3) is 5.15. The predicted octanol–water partition coefficient (Wildman–Crippen LogP) is 2.51. The second-order valence-corrected chi connectivity index (χ2v) is 5.13. The Morgan fingerprint density at radius 2 is 2.28 bits per heavy atom. The van der Waals surface area contributed by atoms with Crippen LogP contribution < -0.4 is 10.1 Å². The summed E-state index contributed by atoms with van der Waals surface area (Å²) in [5, 5.41) is 12.0. The molecule has 0 aliphatic carbocycles. The van der Waals surface area contributed by atoms with Crippen molar-refractivity contribution in [2.45, 2.75) is 33.2 Å². The molecule has 0 amide bonds. The van der Waals surface area contributed by atoms with Crippen molar-refractivity contribution >= 4 is 0 Å². The molecule has 0 bridgehead atoms. The summed E-state index contributed by atoms with van der Waals surface area (Å²) in [5.41, 5.74) is 1.30. The molecular weight excluding hydrogens is 226 g/mol. The first-order valence-electron chi connectivity index (χ1n) is 6.14. The molecule has 4 nitrogen and oxygen atoms in total. The van der Waals surface area contributed by atoms with Gasteiger partial charge in [-0.25, -0.2) is 4.98 Å². The lowest BCUT2D eigenvalue weighted by Crippen LogP contribution is -2.29. The molecule has 1 rings (SSSR count). The third-order valence-corrected chi connectivity index (χ3v) is 2.85. The van der Waals surface area contributed by atoms with Crippen LogP contribution in [0.15, 0.2) is 18.3 Å². The summed E-state index contributed by atoms with van der Waals surface area (Å²) in [7, 11) is 1.62. The summed E-state index contributed by atoms with van der Waals surface area (Å²) in [6.45, 7) is 6.02. The number of hydrogen-bond acceptors (Lipinski definition) is 4. The van der Waals surface area contributed by atoms with E-state index >= 15 is 0 Å². The first kappa shape index (κ1) is 14.5. The van der Waals surface area contributed by atoms with Gasteiger partial charge in [0, 0.05) is 31.8 Å². The topological polar surface area (TPSA) is 57.9 Å². The first-order valence-corrected chi connectivity index (χ1v) is 6.14. The van der Waals surface area contributed by atoms with Crippen LogP contribution in [0.3, 0.4) is 0 Å². The summed E-state index contributed by atoms with van der Waals surface area (Å²) >= 11 is 0. The molecule has 1 N–H and O–H groups in total. The van der Waals surface area contributed by atoms with E-state index in [1.54, 1.807) is 13.3 Å². The number of aromatic nitrogens is 1.